The number of nitrogens with one attached hydrogen (secondary N) is 1. The van der Waals surface area contributed by atoms with Gasteiger partial charge in [-0.1, -0.05) is 48.5 Å². The summed E-state index contributed by atoms with van der Waals surface area (Å²) in [5.74, 6) is -0.669. The maximum Gasteiger partial charge on any atom is 0.282 e. The van der Waals surface area contributed by atoms with Crippen LogP contribution in [0.25, 0.3) is 5.57 Å². The highest BCUT2D eigenvalue weighted by Gasteiger charge is 2.40. The van der Waals surface area contributed by atoms with E-state index in [1.165, 1.54) is 4.90 Å². The SMILES string of the molecule is Cc1cc(C)cc(NC2=C(c3ccccc3)C(=O)N(c3cccc(C)c3)C2=O)c1. The number of carbonyl (C=O) groups is 2. The van der Waals surface area contributed by atoms with E-state index in [2.05, 4.69) is 11.4 Å². The van der Waals surface area contributed by atoms with Gasteiger partial charge in [0.05, 0.1) is 11.3 Å². The molecule has 2 amide bonds. The second-order valence-electron chi connectivity index (χ2n) is 7.40. The lowest BCUT2D eigenvalue weighted by atomic mass is 10.0. The normalized spacial score (nSPS) is 14.0. The highest BCUT2D eigenvalue weighted by Crippen LogP contribution is 2.34. The largest absolute Gasteiger partial charge is 0.350 e. The first-order valence-electron chi connectivity index (χ1n) is 9.54. The van der Waals surface area contributed by atoms with Crippen molar-refractivity contribution in [1.82, 2.24) is 0 Å². The van der Waals surface area contributed by atoms with Crippen molar-refractivity contribution in [2.24, 2.45) is 0 Å². The third-order valence-electron chi connectivity index (χ3n) is 4.90. The van der Waals surface area contributed by atoms with Crippen molar-refractivity contribution in [3.8, 4) is 0 Å². The first kappa shape index (κ1) is 18.7. The molecule has 4 nitrogen and oxygen atoms in total. The van der Waals surface area contributed by atoms with Gasteiger partial charge in [0.25, 0.3) is 11.8 Å². The van der Waals surface area contributed by atoms with Gasteiger partial charge in [-0.25, -0.2) is 4.90 Å². The summed E-state index contributed by atoms with van der Waals surface area (Å²) >= 11 is 0. The van der Waals surface area contributed by atoms with Crippen LogP contribution < -0.4 is 10.2 Å². The molecule has 0 bridgehead atoms. The number of nitrogens with zero attached hydrogens (tertiary/aromatic N) is 1. The Balaban J connectivity index is 1.83. The van der Waals surface area contributed by atoms with Crippen LogP contribution in [0.1, 0.15) is 22.3 Å². The van der Waals surface area contributed by atoms with Crippen molar-refractivity contribution in [3.63, 3.8) is 0 Å². The second kappa shape index (κ2) is 7.40. The third-order valence-corrected chi connectivity index (χ3v) is 4.90. The van der Waals surface area contributed by atoms with E-state index in [9.17, 15) is 9.59 Å². The summed E-state index contributed by atoms with van der Waals surface area (Å²) in [6, 6.07) is 22.7. The van der Waals surface area contributed by atoms with E-state index in [-0.39, 0.29) is 11.8 Å². The minimum atomic E-state index is -0.349. The van der Waals surface area contributed by atoms with E-state index in [0.29, 0.717) is 22.5 Å². The van der Waals surface area contributed by atoms with Gasteiger partial charge in [0, 0.05) is 5.69 Å². The molecule has 1 heterocycles. The Morgan fingerprint density at radius 3 is 2.03 bits per heavy atom. The maximum absolute atomic E-state index is 13.4. The first-order valence-corrected chi connectivity index (χ1v) is 9.54. The van der Waals surface area contributed by atoms with Gasteiger partial charge in [-0.3, -0.25) is 9.59 Å². The van der Waals surface area contributed by atoms with Crippen LogP contribution >= 0.6 is 0 Å². The van der Waals surface area contributed by atoms with E-state index in [1.807, 2.05) is 81.4 Å². The minimum Gasteiger partial charge on any atom is -0.350 e. The monoisotopic (exact) mass is 382 g/mol. The van der Waals surface area contributed by atoms with Crippen molar-refractivity contribution in [1.29, 1.82) is 0 Å². The van der Waals surface area contributed by atoms with E-state index in [0.717, 1.165) is 22.4 Å². The minimum absolute atomic E-state index is 0.299. The Morgan fingerprint density at radius 2 is 1.38 bits per heavy atom. The van der Waals surface area contributed by atoms with E-state index in [1.54, 1.807) is 6.07 Å². The van der Waals surface area contributed by atoms with Crippen LogP contribution in [0.3, 0.4) is 0 Å². The van der Waals surface area contributed by atoms with Crippen molar-refractivity contribution in [2.45, 2.75) is 20.8 Å². The number of benzene rings is 3. The summed E-state index contributed by atoms with van der Waals surface area (Å²) in [5.41, 5.74) is 5.92. The predicted molar refractivity (Wildman–Crippen MR) is 117 cm³/mol. The van der Waals surface area contributed by atoms with Crippen molar-refractivity contribution in [3.05, 3.63) is 101 Å². The van der Waals surface area contributed by atoms with Gasteiger partial charge in [0.1, 0.15) is 5.70 Å². The van der Waals surface area contributed by atoms with Gasteiger partial charge in [0.2, 0.25) is 0 Å². The number of carbonyl (C=O) groups excluding carboxylic acids is 2. The zero-order chi connectivity index (χ0) is 20.5. The average molecular weight is 382 g/mol. The summed E-state index contributed by atoms with van der Waals surface area (Å²) in [6.07, 6.45) is 0. The fraction of sp³-hybridized carbons (Fsp3) is 0.120. The Kier molecular flexibility index (Phi) is 4.77. The average Bonchev–Trinajstić information content (AvgIpc) is 2.91. The van der Waals surface area contributed by atoms with Gasteiger partial charge in [0.15, 0.2) is 0 Å². The van der Waals surface area contributed by atoms with Gasteiger partial charge in [-0.05, 0) is 67.3 Å². The molecule has 1 aliphatic heterocycles. The molecule has 0 saturated carbocycles. The summed E-state index contributed by atoms with van der Waals surface area (Å²) in [5, 5.41) is 3.23. The quantitative estimate of drug-likeness (QED) is 0.646. The second-order valence-corrected chi connectivity index (χ2v) is 7.40. The summed E-state index contributed by atoms with van der Waals surface area (Å²) in [4.78, 5) is 28.0. The standard InChI is InChI=1S/C25H22N2O2/c1-16-8-7-11-21(15-16)27-24(28)22(19-9-5-4-6-10-19)23(25(27)29)26-20-13-17(2)12-18(3)14-20/h4-15,26H,1-3H3. The molecule has 0 aromatic heterocycles. The van der Waals surface area contributed by atoms with Crippen LogP contribution in [0.2, 0.25) is 0 Å². The smallest absolute Gasteiger partial charge is 0.282 e. The molecule has 0 spiro atoms. The van der Waals surface area contributed by atoms with Gasteiger partial charge in [-0.2, -0.15) is 0 Å². The molecule has 4 rings (SSSR count). The molecule has 3 aromatic carbocycles. The molecule has 1 N–H and O–H groups in total. The van der Waals surface area contributed by atoms with Crippen LogP contribution in [-0.4, -0.2) is 11.8 Å². The van der Waals surface area contributed by atoms with Crippen molar-refractivity contribution in [2.75, 3.05) is 10.2 Å². The summed E-state index contributed by atoms with van der Waals surface area (Å²) in [7, 11) is 0. The van der Waals surface area contributed by atoms with Crippen molar-refractivity contribution < 1.29 is 9.59 Å². The number of anilines is 2. The molecule has 0 fully saturated rings. The Bertz CT molecular complexity index is 1130. The first-order chi connectivity index (χ1) is 13.9. The van der Waals surface area contributed by atoms with Crippen LogP contribution in [0.5, 0.6) is 0 Å². The molecule has 144 valence electrons. The number of amides is 2. The highest BCUT2D eigenvalue weighted by molar-refractivity contribution is 6.46. The van der Waals surface area contributed by atoms with Gasteiger partial charge < -0.3 is 5.32 Å². The van der Waals surface area contributed by atoms with E-state index >= 15 is 0 Å². The Morgan fingerprint density at radius 1 is 0.690 bits per heavy atom. The molecule has 4 heteroatoms. The Hall–Kier alpha value is -3.66. The van der Waals surface area contributed by atoms with Gasteiger partial charge >= 0.3 is 0 Å². The molecule has 3 aromatic rings. The van der Waals surface area contributed by atoms with E-state index in [4.69, 9.17) is 0 Å². The molecule has 1 aliphatic rings. The lowest BCUT2D eigenvalue weighted by Crippen LogP contribution is -2.32. The molecular weight excluding hydrogens is 360 g/mol. The van der Waals surface area contributed by atoms with E-state index < -0.39 is 0 Å². The molecule has 0 aliphatic carbocycles. The summed E-state index contributed by atoms with van der Waals surface area (Å²) < 4.78 is 0. The molecule has 0 unspecified atom stereocenters. The molecule has 0 radical (unpaired) electrons. The fourth-order valence-corrected chi connectivity index (χ4v) is 3.71. The lowest BCUT2D eigenvalue weighted by molar-refractivity contribution is -0.120. The number of hydrogen-bond donors (Lipinski definition) is 1. The molecule has 0 saturated heterocycles. The zero-order valence-electron chi connectivity index (χ0n) is 16.7. The molecule has 29 heavy (non-hydrogen) atoms. The van der Waals surface area contributed by atoms with Gasteiger partial charge in [-0.15, -0.1) is 0 Å². The number of imide groups is 1. The predicted octanol–water partition coefficient (Wildman–Crippen LogP) is 5.01. The van der Waals surface area contributed by atoms with Crippen LogP contribution in [-0.2, 0) is 9.59 Å². The summed E-state index contributed by atoms with van der Waals surface area (Å²) in [6.45, 7) is 5.95. The molecule has 0 atom stereocenters. The van der Waals surface area contributed by atoms with Crippen LogP contribution in [0, 0.1) is 20.8 Å². The highest BCUT2D eigenvalue weighted by atomic mass is 16.2. The topological polar surface area (TPSA) is 49.4 Å². The number of hydrogen-bond acceptors (Lipinski definition) is 3. The maximum atomic E-state index is 13.4. The lowest BCUT2D eigenvalue weighted by Gasteiger charge is -2.16. The number of rotatable bonds is 4. The van der Waals surface area contributed by atoms with Crippen molar-refractivity contribution >= 4 is 28.8 Å². The Labute approximate surface area is 170 Å². The number of aryl methyl sites for hydroxylation is 3. The van der Waals surface area contributed by atoms with Crippen LogP contribution in [0.4, 0.5) is 11.4 Å². The molecular formula is C25H22N2O2. The zero-order valence-corrected chi connectivity index (χ0v) is 16.7. The third kappa shape index (κ3) is 3.57. The van der Waals surface area contributed by atoms with Crippen LogP contribution in [0.15, 0.2) is 78.5 Å². The fourth-order valence-electron chi connectivity index (χ4n) is 3.71.